The SMILES string of the molecule is CN1CCN(c2ccc(NCCC(=O)Nc3ccc(F)cc3)cc2)CC1. The lowest BCUT2D eigenvalue weighted by Gasteiger charge is -2.34. The molecule has 26 heavy (non-hydrogen) atoms. The minimum Gasteiger partial charge on any atom is -0.385 e. The first-order valence-corrected chi connectivity index (χ1v) is 8.93. The van der Waals surface area contributed by atoms with Gasteiger partial charge in [0.2, 0.25) is 5.91 Å². The summed E-state index contributed by atoms with van der Waals surface area (Å²) in [5.41, 5.74) is 2.84. The molecule has 2 aromatic carbocycles. The summed E-state index contributed by atoms with van der Waals surface area (Å²) < 4.78 is 12.9. The summed E-state index contributed by atoms with van der Waals surface area (Å²) in [4.78, 5) is 16.6. The van der Waals surface area contributed by atoms with Crippen LogP contribution in [0.1, 0.15) is 6.42 Å². The Morgan fingerprint density at radius 3 is 2.23 bits per heavy atom. The molecule has 1 heterocycles. The average Bonchev–Trinajstić information content (AvgIpc) is 2.65. The predicted octanol–water partition coefficient (Wildman–Crippen LogP) is 3.02. The highest BCUT2D eigenvalue weighted by atomic mass is 19.1. The molecule has 0 aliphatic carbocycles. The van der Waals surface area contributed by atoms with E-state index >= 15 is 0 Å². The van der Waals surface area contributed by atoms with Crippen molar-refractivity contribution in [3.63, 3.8) is 0 Å². The van der Waals surface area contributed by atoms with Gasteiger partial charge in [0.15, 0.2) is 0 Å². The molecule has 0 unspecified atom stereocenters. The van der Waals surface area contributed by atoms with E-state index in [9.17, 15) is 9.18 Å². The zero-order valence-electron chi connectivity index (χ0n) is 15.0. The number of rotatable bonds is 6. The van der Waals surface area contributed by atoms with Crippen LogP contribution >= 0.6 is 0 Å². The fourth-order valence-electron chi connectivity index (χ4n) is 2.93. The van der Waals surface area contributed by atoms with Crippen LogP contribution in [0.4, 0.5) is 21.5 Å². The number of hydrogen-bond acceptors (Lipinski definition) is 4. The van der Waals surface area contributed by atoms with Gasteiger partial charge >= 0.3 is 0 Å². The van der Waals surface area contributed by atoms with Crippen molar-refractivity contribution in [2.45, 2.75) is 6.42 Å². The van der Waals surface area contributed by atoms with Gasteiger partial charge in [-0.2, -0.15) is 0 Å². The van der Waals surface area contributed by atoms with Crippen LogP contribution in [-0.2, 0) is 4.79 Å². The number of carbonyl (C=O) groups is 1. The fourth-order valence-corrected chi connectivity index (χ4v) is 2.93. The lowest BCUT2D eigenvalue weighted by molar-refractivity contribution is -0.115. The van der Waals surface area contributed by atoms with Crippen LogP contribution in [0.25, 0.3) is 0 Å². The van der Waals surface area contributed by atoms with E-state index in [0.717, 1.165) is 31.9 Å². The molecule has 1 aliphatic heterocycles. The highest BCUT2D eigenvalue weighted by Gasteiger charge is 2.13. The Kier molecular flexibility index (Phi) is 6.07. The van der Waals surface area contributed by atoms with E-state index < -0.39 is 0 Å². The van der Waals surface area contributed by atoms with Gasteiger partial charge in [-0.1, -0.05) is 0 Å². The lowest BCUT2D eigenvalue weighted by atomic mass is 10.2. The lowest BCUT2D eigenvalue weighted by Crippen LogP contribution is -2.44. The largest absolute Gasteiger partial charge is 0.385 e. The highest BCUT2D eigenvalue weighted by molar-refractivity contribution is 5.90. The molecule has 1 amide bonds. The molecule has 0 spiro atoms. The average molecular weight is 356 g/mol. The standard InChI is InChI=1S/C20H25FN4O/c1-24-12-14-25(15-13-24)19-8-6-17(7-9-19)22-11-10-20(26)23-18-4-2-16(21)3-5-18/h2-9,22H,10-15H2,1H3,(H,23,26). The maximum absolute atomic E-state index is 12.9. The van der Waals surface area contributed by atoms with Crippen LogP contribution in [-0.4, -0.2) is 50.6 Å². The Balaban J connectivity index is 1.41. The minimum atomic E-state index is -0.315. The molecule has 1 fully saturated rings. The molecular formula is C20H25FN4O. The van der Waals surface area contributed by atoms with Crippen molar-refractivity contribution >= 4 is 23.0 Å². The second kappa shape index (κ2) is 8.67. The Labute approximate surface area is 153 Å². The maximum Gasteiger partial charge on any atom is 0.226 e. The number of nitrogens with one attached hydrogen (secondary N) is 2. The normalized spacial score (nSPS) is 14.9. The molecule has 0 aromatic heterocycles. The van der Waals surface area contributed by atoms with Gasteiger partial charge in [-0.25, -0.2) is 4.39 Å². The summed E-state index contributed by atoms with van der Waals surface area (Å²) in [5, 5.41) is 6.01. The van der Waals surface area contributed by atoms with Gasteiger partial charge in [-0.05, 0) is 55.6 Å². The zero-order chi connectivity index (χ0) is 18.4. The van der Waals surface area contributed by atoms with Crippen LogP contribution in [0, 0.1) is 5.82 Å². The van der Waals surface area contributed by atoms with Gasteiger partial charge in [0.05, 0.1) is 0 Å². The topological polar surface area (TPSA) is 47.6 Å². The third kappa shape index (κ3) is 5.20. The summed E-state index contributed by atoms with van der Waals surface area (Å²) in [6, 6.07) is 14.1. The van der Waals surface area contributed by atoms with Crippen LogP contribution in [0.3, 0.4) is 0 Å². The summed E-state index contributed by atoms with van der Waals surface area (Å²) in [7, 11) is 2.15. The number of benzene rings is 2. The smallest absolute Gasteiger partial charge is 0.226 e. The van der Waals surface area contributed by atoms with Crippen molar-refractivity contribution in [2.24, 2.45) is 0 Å². The Morgan fingerprint density at radius 2 is 1.58 bits per heavy atom. The van der Waals surface area contributed by atoms with Gasteiger partial charge < -0.3 is 20.4 Å². The van der Waals surface area contributed by atoms with E-state index in [1.165, 1.54) is 17.8 Å². The van der Waals surface area contributed by atoms with Crippen LogP contribution in [0.15, 0.2) is 48.5 Å². The first-order valence-electron chi connectivity index (χ1n) is 8.93. The summed E-state index contributed by atoms with van der Waals surface area (Å²) >= 11 is 0. The van der Waals surface area contributed by atoms with Crippen molar-refractivity contribution in [1.82, 2.24) is 4.90 Å². The van der Waals surface area contributed by atoms with Crippen molar-refractivity contribution in [2.75, 3.05) is 55.3 Å². The van der Waals surface area contributed by atoms with Crippen LogP contribution < -0.4 is 15.5 Å². The maximum atomic E-state index is 12.9. The van der Waals surface area contributed by atoms with Crippen LogP contribution in [0.5, 0.6) is 0 Å². The van der Waals surface area contributed by atoms with Gasteiger partial charge in [-0.15, -0.1) is 0 Å². The van der Waals surface area contributed by atoms with E-state index in [-0.39, 0.29) is 11.7 Å². The third-order valence-electron chi connectivity index (χ3n) is 4.54. The first-order chi connectivity index (χ1) is 12.6. The molecule has 138 valence electrons. The van der Waals surface area contributed by atoms with E-state index in [2.05, 4.69) is 39.6 Å². The number of amides is 1. The monoisotopic (exact) mass is 356 g/mol. The predicted molar refractivity (Wildman–Crippen MR) is 104 cm³/mol. The number of likely N-dealkylation sites (N-methyl/N-ethyl adjacent to an activating group) is 1. The quantitative estimate of drug-likeness (QED) is 0.835. The molecule has 0 radical (unpaired) electrons. The number of halogens is 1. The summed E-state index contributed by atoms with van der Waals surface area (Å²) in [6.45, 7) is 4.81. The van der Waals surface area contributed by atoms with E-state index in [4.69, 9.17) is 0 Å². The molecule has 2 N–H and O–H groups in total. The van der Waals surface area contributed by atoms with Crippen molar-refractivity contribution in [1.29, 1.82) is 0 Å². The van der Waals surface area contributed by atoms with Crippen molar-refractivity contribution < 1.29 is 9.18 Å². The Hall–Kier alpha value is -2.60. The number of hydrogen-bond donors (Lipinski definition) is 2. The first kappa shape index (κ1) is 18.2. The molecule has 5 nitrogen and oxygen atoms in total. The second-order valence-corrected chi connectivity index (χ2v) is 6.57. The molecule has 2 aromatic rings. The van der Waals surface area contributed by atoms with Gasteiger partial charge in [-0.3, -0.25) is 4.79 Å². The Bertz CT molecular complexity index is 710. The Morgan fingerprint density at radius 1 is 0.962 bits per heavy atom. The number of anilines is 3. The van der Waals surface area contributed by atoms with Gasteiger partial charge in [0.25, 0.3) is 0 Å². The van der Waals surface area contributed by atoms with E-state index in [1.54, 1.807) is 12.1 Å². The summed E-state index contributed by atoms with van der Waals surface area (Å²) in [5.74, 6) is -0.414. The number of piperazine rings is 1. The molecule has 3 rings (SSSR count). The minimum absolute atomic E-state index is 0.0989. The second-order valence-electron chi connectivity index (χ2n) is 6.57. The molecule has 1 aliphatic rings. The van der Waals surface area contributed by atoms with E-state index in [0.29, 0.717) is 18.7 Å². The number of nitrogens with zero attached hydrogens (tertiary/aromatic N) is 2. The van der Waals surface area contributed by atoms with Crippen molar-refractivity contribution in [3.8, 4) is 0 Å². The van der Waals surface area contributed by atoms with Gasteiger partial charge in [0.1, 0.15) is 5.82 Å². The molecule has 6 heteroatoms. The zero-order valence-corrected chi connectivity index (χ0v) is 15.0. The molecule has 0 atom stereocenters. The highest BCUT2D eigenvalue weighted by Crippen LogP contribution is 2.19. The molecular weight excluding hydrogens is 331 g/mol. The summed E-state index contributed by atoms with van der Waals surface area (Å²) in [6.07, 6.45) is 0.345. The molecule has 0 saturated carbocycles. The third-order valence-corrected chi connectivity index (χ3v) is 4.54. The van der Waals surface area contributed by atoms with Crippen molar-refractivity contribution in [3.05, 3.63) is 54.3 Å². The molecule has 0 bridgehead atoms. The number of carbonyl (C=O) groups excluding carboxylic acids is 1. The molecule has 1 saturated heterocycles. The van der Waals surface area contributed by atoms with E-state index in [1.807, 2.05) is 12.1 Å². The van der Waals surface area contributed by atoms with Crippen LogP contribution in [0.2, 0.25) is 0 Å². The van der Waals surface area contributed by atoms with Gasteiger partial charge in [0, 0.05) is 56.2 Å². The fraction of sp³-hybridized carbons (Fsp3) is 0.350.